The summed E-state index contributed by atoms with van der Waals surface area (Å²) in [5.74, 6) is -3.96. The Morgan fingerprint density at radius 1 is 1.06 bits per heavy atom. The van der Waals surface area contributed by atoms with Gasteiger partial charge < -0.3 is 19.3 Å². The van der Waals surface area contributed by atoms with Crippen LogP contribution in [0.25, 0.3) is 21.6 Å². The van der Waals surface area contributed by atoms with E-state index in [2.05, 4.69) is 11.3 Å². The Bertz CT molecular complexity index is 2440. The molecular weight excluding hydrogens is 872 g/mol. The molecule has 2 saturated heterocycles. The number of amides is 3. The highest BCUT2D eigenvalue weighted by Gasteiger charge is 2.61. The summed E-state index contributed by atoms with van der Waals surface area (Å²) in [5, 5.41) is 2.64. The first-order valence-corrected chi connectivity index (χ1v) is 24.4. The van der Waals surface area contributed by atoms with Crippen molar-refractivity contribution in [1.29, 1.82) is 0 Å². The number of halogens is 3. The van der Waals surface area contributed by atoms with Crippen molar-refractivity contribution < 1.29 is 50.2 Å². The first kappa shape index (κ1) is 47.4. The fourth-order valence-electron chi connectivity index (χ4n) is 9.12. The summed E-state index contributed by atoms with van der Waals surface area (Å²) in [7, 11) is -2.36. The Labute approximate surface area is 376 Å². The number of likely N-dealkylation sites (tertiary alicyclic amines) is 2. The number of allylic oxidation sites excluding steroid dienone is 1. The number of pyridine rings is 1. The Kier molecular flexibility index (Phi) is 13.1. The van der Waals surface area contributed by atoms with Crippen LogP contribution in [0.3, 0.4) is 0 Å². The van der Waals surface area contributed by atoms with Crippen LogP contribution < -0.4 is 14.2 Å². The average Bonchev–Trinajstić information content (AvgIpc) is 4.11. The third-order valence-electron chi connectivity index (χ3n) is 13.5. The molecule has 2 aliphatic carbocycles. The van der Waals surface area contributed by atoms with Crippen molar-refractivity contribution in [1.82, 2.24) is 24.5 Å². The van der Waals surface area contributed by atoms with Crippen molar-refractivity contribution in [3.05, 3.63) is 47.5 Å². The lowest BCUT2D eigenvalue weighted by Gasteiger charge is -2.37. The number of hydrogen-bond acceptors (Lipinski definition) is 11. The van der Waals surface area contributed by atoms with E-state index in [1.54, 1.807) is 40.0 Å². The molecule has 0 radical (unpaired) electrons. The van der Waals surface area contributed by atoms with E-state index in [0.717, 1.165) is 11.3 Å². The fraction of sp³-hybridized carbons (Fsp3) is 0.609. The van der Waals surface area contributed by atoms with Gasteiger partial charge in [0.15, 0.2) is 5.78 Å². The van der Waals surface area contributed by atoms with Crippen LogP contribution >= 0.6 is 11.3 Å². The van der Waals surface area contributed by atoms with Crippen molar-refractivity contribution in [3.8, 4) is 22.2 Å². The van der Waals surface area contributed by atoms with Gasteiger partial charge in [0.2, 0.25) is 27.7 Å². The van der Waals surface area contributed by atoms with Crippen molar-refractivity contribution in [3.63, 3.8) is 0 Å². The van der Waals surface area contributed by atoms with E-state index in [1.165, 1.54) is 27.2 Å². The Balaban J connectivity index is 1.22. The van der Waals surface area contributed by atoms with Crippen molar-refractivity contribution in [2.24, 2.45) is 28.6 Å². The lowest BCUT2D eigenvalue weighted by molar-refractivity contribution is -0.186. The Morgan fingerprint density at radius 3 is 2.31 bits per heavy atom. The normalized spacial score (nSPS) is 23.6. The van der Waals surface area contributed by atoms with E-state index in [9.17, 15) is 36.0 Å². The van der Waals surface area contributed by atoms with E-state index in [4.69, 9.17) is 19.4 Å². The molecule has 0 spiro atoms. The molecule has 3 aromatic rings. The number of Topliss-reactive ketones (excluding diaryl/α,β-unsaturated/α-hetero) is 1. The number of ether oxygens (including phenoxy) is 2. The number of aromatic nitrogens is 2. The van der Waals surface area contributed by atoms with E-state index < -0.39 is 85.7 Å². The molecule has 1 N–H and O–H groups in total. The number of thiazole rings is 1. The van der Waals surface area contributed by atoms with Gasteiger partial charge in [0.25, 0.3) is 0 Å². The largest absolute Gasteiger partial charge is 0.496 e. The Hall–Kier alpha value is -4.58. The first-order chi connectivity index (χ1) is 30.0. The van der Waals surface area contributed by atoms with Gasteiger partial charge in [-0.3, -0.25) is 23.9 Å². The highest BCUT2D eigenvalue weighted by molar-refractivity contribution is 7.90. The lowest BCUT2D eigenvalue weighted by atomic mass is 9.77. The number of carbonyl (C=O) groups is 4. The number of sulfonamides is 1. The molecule has 2 saturated carbocycles. The van der Waals surface area contributed by atoms with Crippen molar-refractivity contribution >= 4 is 55.8 Å². The first-order valence-electron chi connectivity index (χ1n) is 21.9. The van der Waals surface area contributed by atoms with Gasteiger partial charge in [0, 0.05) is 54.7 Å². The molecule has 4 aliphatic rings. The van der Waals surface area contributed by atoms with Gasteiger partial charge in [0.1, 0.15) is 28.3 Å². The highest BCUT2D eigenvalue weighted by atomic mass is 32.2. The summed E-state index contributed by atoms with van der Waals surface area (Å²) in [6.45, 7) is 14.9. The molecule has 4 fully saturated rings. The van der Waals surface area contributed by atoms with E-state index in [-0.39, 0.29) is 64.1 Å². The molecule has 7 rings (SSSR count). The number of fused-ring (bicyclic) bond motifs is 1. The van der Waals surface area contributed by atoms with Gasteiger partial charge in [-0.25, -0.2) is 18.4 Å². The number of rotatable bonds is 15. The predicted octanol–water partition coefficient (Wildman–Crippen LogP) is 7.76. The van der Waals surface area contributed by atoms with Crippen LogP contribution in [-0.2, 0) is 29.2 Å². The summed E-state index contributed by atoms with van der Waals surface area (Å²) in [6, 6.07) is 4.29. The second-order valence-electron chi connectivity index (χ2n) is 19.3. The molecule has 348 valence electrons. The van der Waals surface area contributed by atoms with Gasteiger partial charge in [0.05, 0.1) is 53.4 Å². The van der Waals surface area contributed by atoms with Crippen LogP contribution in [0, 0.1) is 35.5 Å². The molecule has 13 nitrogen and oxygen atoms in total. The number of methoxy groups -OCH3 is 1. The molecule has 18 heteroatoms. The molecule has 2 aromatic heterocycles. The van der Waals surface area contributed by atoms with Gasteiger partial charge in [-0.15, -0.1) is 17.9 Å². The van der Waals surface area contributed by atoms with Crippen LogP contribution in [0.5, 0.6) is 11.5 Å². The number of alkyl halides is 3. The number of aryl methyl sites for hydroxylation is 1. The maximum atomic E-state index is 15.0. The number of benzene rings is 1. The minimum atomic E-state index is -4.36. The molecule has 3 amide bonds. The summed E-state index contributed by atoms with van der Waals surface area (Å²) >= 11 is 1.44. The molecule has 0 bridgehead atoms. The molecule has 1 aromatic carbocycles. The van der Waals surface area contributed by atoms with E-state index >= 15 is 4.79 Å². The third-order valence-corrected chi connectivity index (χ3v) is 16.2. The Morgan fingerprint density at radius 2 is 1.75 bits per heavy atom. The van der Waals surface area contributed by atoms with E-state index in [1.807, 2.05) is 32.2 Å². The van der Waals surface area contributed by atoms with Crippen LogP contribution in [-0.4, -0.2) is 102 Å². The third kappa shape index (κ3) is 9.68. The van der Waals surface area contributed by atoms with Crippen LogP contribution in [0.15, 0.2) is 36.2 Å². The minimum absolute atomic E-state index is 0.0141. The number of hydrogen-bond donors (Lipinski definition) is 1. The maximum absolute atomic E-state index is 15.0. The van der Waals surface area contributed by atoms with Crippen molar-refractivity contribution in [2.45, 2.75) is 122 Å². The number of carbonyl (C=O) groups excluding carboxylic acids is 4. The summed E-state index contributed by atoms with van der Waals surface area (Å²) < 4.78 is 80.9. The highest BCUT2D eigenvalue weighted by Crippen LogP contribution is 2.57. The summed E-state index contributed by atoms with van der Waals surface area (Å²) in [6.07, 6.45) is -3.63. The number of ketones is 1. The topological polar surface area (TPSA) is 165 Å². The predicted molar refractivity (Wildman–Crippen MR) is 236 cm³/mol. The van der Waals surface area contributed by atoms with Gasteiger partial charge in [-0.2, -0.15) is 13.2 Å². The molecule has 1 unspecified atom stereocenters. The van der Waals surface area contributed by atoms with E-state index in [0.29, 0.717) is 45.9 Å². The SMILES string of the molecule is C=C[C@@H]1CC1(CC(=O)[C@@H]1C[C@@H](Oc2cc(-c3nc(C(C)C)cs3)nc3c(C)c(OC)ccc23)CN1C(=O)[C@@H](CC(=O)N1CCC(C(F)(F)F)CC1)C(C)(C)C)C(=O)NS(=O)(=O)C1CC1. The fourth-order valence-corrected chi connectivity index (χ4v) is 11.4. The molecule has 4 heterocycles. The van der Waals surface area contributed by atoms with Crippen LogP contribution in [0.2, 0.25) is 0 Å². The second-order valence-corrected chi connectivity index (χ2v) is 22.2. The average molecular weight is 930 g/mol. The van der Waals surface area contributed by atoms with Crippen LogP contribution in [0.1, 0.15) is 103 Å². The zero-order valence-electron chi connectivity index (χ0n) is 37.4. The van der Waals surface area contributed by atoms with Gasteiger partial charge in [-0.05, 0) is 68.4 Å². The standard InChI is InChI=1S/C46H58F3N5O8S2/c1-9-27-21-45(27,43(58)52-64(59,60)30-10-11-30)22-36(55)35-18-29(23-54(35)42(57)32(44(5,6)7)19-39(56)53-16-14-28(15-17-53)46(47,48)49)62-38-20-33(41-51-34(24-63-41)25(2)3)50-40-26(4)37(61-8)13-12-31(38)40/h9,12-13,20,24-25,27-30,32,35H,1,10-11,14-19,21-23H2,2-8H3,(H,52,58)/t27-,29-,32-,35+,45?/m1/s1. The second kappa shape index (κ2) is 17.7. The number of nitrogens with zero attached hydrogens (tertiary/aromatic N) is 4. The minimum Gasteiger partial charge on any atom is -0.496 e. The van der Waals surface area contributed by atoms with Gasteiger partial charge >= 0.3 is 6.18 Å². The summed E-state index contributed by atoms with van der Waals surface area (Å²) in [4.78, 5) is 70.0. The molecule has 64 heavy (non-hydrogen) atoms. The monoisotopic (exact) mass is 929 g/mol. The number of nitrogens with one attached hydrogen (secondary N) is 1. The molecular formula is C46H58F3N5O8S2. The van der Waals surface area contributed by atoms with Gasteiger partial charge in [-0.1, -0.05) is 40.7 Å². The quantitative estimate of drug-likeness (QED) is 0.149. The molecule has 5 atom stereocenters. The zero-order valence-corrected chi connectivity index (χ0v) is 39.1. The smallest absolute Gasteiger partial charge is 0.391 e. The summed E-state index contributed by atoms with van der Waals surface area (Å²) in [5.41, 5.74) is 0.612. The van der Waals surface area contributed by atoms with Crippen molar-refractivity contribution in [2.75, 3.05) is 26.7 Å². The molecule has 2 aliphatic heterocycles. The maximum Gasteiger partial charge on any atom is 0.391 e. The number of piperidine rings is 1. The lowest BCUT2D eigenvalue weighted by Crippen LogP contribution is -2.50. The zero-order chi connectivity index (χ0) is 46.7. The van der Waals surface area contributed by atoms with Crippen LogP contribution in [0.4, 0.5) is 13.2 Å².